The molecule has 1 heteroatoms. The van der Waals surface area contributed by atoms with E-state index in [2.05, 4.69) is 55.6 Å². The number of thiophene rings is 1. The van der Waals surface area contributed by atoms with Crippen LogP contribution in [0.15, 0.2) is 47.4 Å². The molecule has 0 amide bonds. The van der Waals surface area contributed by atoms with E-state index in [9.17, 15) is 0 Å². The lowest BCUT2D eigenvalue weighted by Gasteiger charge is -2.16. The summed E-state index contributed by atoms with van der Waals surface area (Å²) in [6.07, 6.45) is 7.66. The first-order chi connectivity index (χ1) is 10.9. The number of benzene rings is 1. The van der Waals surface area contributed by atoms with Gasteiger partial charge in [-0.25, -0.2) is 0 Å². The molecule has 22 heavy (non-hydrogen) atoms. The van der Waals surface area contributed by atoms with Crippen molar-refractivity contribution in [2.45, 2.75) is 58.3 Å². The second kappa shape index (κ2) is 7.28. The minimum atomic E-state index is 0.523. The van der Waals surface area contributed by atoms with Crippen LogP contribution in [-0.2, 0) is 0 Å². The van der Waals surface area contributed by atoms with Gasteiger partial charge < -0.3 is 0 Å². The first kappa shape index (κ1) is 15.6. The minimum Gasteiger partial charge on any atom is -0.148 e. The molecule has 0 saturated carbocycles. The Kier molecular flexibility index (Phi) is 5.15. The molecule has 116 valence electrons. The number of unbranched alkanes of at least 4 members (excludes halogenated alkanes) is 2. The summed E-state index contributed by atoms with van der Waals surface area (Å²) in [6, 6.07) is 13.6. The standard InChI is InChI=1S/C21H26S/c1-3-5-10-16-17-12-7-8-13-19(17)21(18(16)11-6-4-2)20-14-9-15-22-20/h7-9,12-15,21H,3-6,10-11H2,1-2H3. The van der Waals surface area contributed by atoms with Gasteiger partial charge in [-0.15, -0.1) is 11.3 Å². The Bertz CT molecular complexity index is 634. The summed E-state index contributed by atoms with van der Waals surface area (Å²) in [5.41, 5.74) is 6.44. The van der Waals surface area contributed by atoms with Crippen LogP contribution in [0.4, 0.5) is 0 Å². The van der Waals surface area contributed by atoms with Crippen LogP contribution in [-0.4, -0.2) is 0 Å². The summed E-state index contributed by atoms with van der Waals surface area (Å²) in [6.45, 7) is 4.60. The lowest BCUT2D eigenvalue weighted by atomic mass is 9.90. The molecule has 0 N–H and O–H groups in total. The molecule has 0 nitrogen and oxygen atoms in total. The van der Waals surface area contributed by atoms with E-state index in [4.69, 9.17) is 0 Å². The van der Waals surface area contributed by atoms with Crippen molar-refractivity contribution < 1.29 is 0 Å². The maximum Gasteiger partial charge on any atom is 0.0405 e. The Morgan fingerprint density at radius 2 is 1.68 bits per heavy atom. The van der Waals surface area contributed by atoms with Gasteiger partial charge in [-0.2, -0.15) is 0 Å². The van der Waals surface area contributed by atoms with E-state index in [0.717, 1.165) is 0 Å². The molecule has 0 spiro atoms. The number of rotatable bonds is 7. The molecule has 0 saturated heterocycles. The van der Waals surface area contributed by atoms with Crippen LogP contribution in [0, 0.1) is 0 Å². The molecule has 1 aliphatic rings. The van der Waals surface area contributed by atoms with Crippen LogP contribution in [0.2, 0.25) is 0 Å². The monoisotopic (exact) mass is 310 g/mol. The highest BCUT2D eigenvalue weighted by molar-refractivity contribution is 7.10. The van der Waals surface area contributed by atoms with Gasteiger partial charge in [-0.1, -0.05) is 62.6 Å². The van der Waals surface area contributed by atoms with Crippen molar-refractivity contribution in [2.24, 2.45) is 0 Å². The van der Waals surface area contributed by atoms with Crippen LogP contribution >= 0.6 is 11.3 Å². The quantitative estimate of drug-likeness (QED) is 0.515. The highest BCUT2D eigenvalue weighted by atomic mass is 32.1. The lowest BCUT2D eigenvalue weighted by Crippen LogP contribution is -1.99. The Morgan fingerprint density at radius 3 is 2.41 bits per heavy atom. The molecule has 0 fully saturated rings. The molecule has 0 bridgehead atoms. The fourth-order valence-corrected chi connectivity index (χ4v) is 4.53. The first-order valence-electron chi connectivity index (χ1n) is 8.71. The molecule has 1 atom stereocenters. The summed E-state index contributed by atoms with van der Waals surface area (Å²) in [7, 11) is 0. The maximum atomic E-state index is 2.35. The van der Waals surface area contributed by atoms with Crippen molar-refractivity contribution in [1.29, 1.82) is 0 Å². The predicted octanol–water partition coefficient (Wildman–Crippen LogP) is 7.03. The van der Waals surface area contributed by atoms with Crippen molar-refractivity contribution in [1.82, 2.24) is 0 Å². The van der Waals surface area contributed by atoms with E-state index in [0.29, 0.717) is 5.92 Å². The van der Waals surface area contributed by atoms with Crippen LogP contribution in [0.3, 0.4) is 0 Å². The van der Waals surface area contributed by atoms with Crippen LogP contribution in [0.25, 0.3) is 5.57 Å². The number of allylic oxidation sites excluding steroid dienone is 2. The molecule has 1 heterocycles. The van der Waals surface area contributed by atoms with Crippen molar-refractivity contribution in [3.05, 3.63) is 63.4 Å². The molecule has 0 aliphatic heterocycles. The van der Waals surface area contributed by atoms with Gasteiger partial charge in [0.25, 0.3) is 0 Å². The zero-order chi connectivity index (χ0) is 15.4. The van der Waals surface area contributed by atoms with Crippen molar-refractivity contribution in [2.75, 3.05) is 0 Å². The van der Waals surface area contributed by atoms with Crippen molar-refractivity contribution >= 4 is 16.9 Å². The van der Waals surface area contributed by atoms with E-state index < -0.39 is 0 Å². The number of fused-ring (bicyclic) bond motifs is 1. The molecule has 0 radical (unpaired) electrons. The van der Waals surface area contributed by atoms with Gasteiger partial charge in [-0.05, 0) is 53.8 Å². The van der Waals surface area contributed by atoms with Crippen LogP contribution < -0.4 is 0 Å². The fraction of sp³-hybridized carbons (Fsp3) is 0.429. The lowest BCUT2D eigenvalue weighted by molar-refractivity contribution is 0.749. The molecule has 2 aromatic rings. The maximum absolute atomic E-state index is 2.35. The average molecular weight is 311 g/mol. The largest absolute Gasteiger partial charge is 0.148 e. The molecule has 3 rings (SSSR count). The highest BCUT2D eigenvalue weighted by Crippen LogP contribution is 2.49. The summed E-state index contributed by atoms with van der Waals surface area (Å²) in [5.74, 6) is 0.523. The van der Waals surface area contributed by atoms with Gasteiger partial charge in [-0.3, -0.25) is 0 Å². The van der Waals surface area contributed by atoms with E-state index in [-0.39, 0.29) is 0 Å². The van der Waals surface area contributed by atoms with E-state index in [1.165, 1.54) is 49.0 Å². The third-order valence-electron chi connectivity index (χ3n) is 4.74. The topological polar surface area (TPSA) is 0 Å². The summed E-state index contributed by atoms with van der Waals surface area (Å²) < 4.78 is 0. The normalized spacial score (nSPS) is 17.1. The molecular formula is C21H26S. The van der Waals surface area contributed by atoms with E-state index >= 15 is 0 Å². The SMILES string of the molecule is CCCCC1=C(CCCC)C(c2cccs2)c2ccccc21. The number of hydrogen-bond acceptors (Lipinski definition) is 1. The Hall–Kier alpha value is -1.34. The van der Waals surface area contributed by atoms with Crippen molar-refractivity contribution in [3.8, 4) is 0 Å². The number of hydrogen-bond donors (Lipinski definition) is 0. The van der Waals surface area contributed by atoms with Gasteiger partial charge in [0, 0.05) is 10.8 Å². The smallest absolute Gasteiger partial charge is 0.0405 e. The van der Waals surface area contributed by atoms with Crippen molar-refractivity contribution in [3.63, 3.8) is 0 Å². The summed E-state index contributed by atoms with van der Waals surface area (Å²) in [4.78, 5) is 1.52. The second-order valence-electron chi connectivity index (χ2n) is 6.25. The van der Waals surface area contributed by atoms with Gasteiger partial charge in [0.2, 0.25) is 0 Å². The second-order valence-corrected chi connectivity index (χ2v) is 7.23. The zero-order valence-corrected chi connectivity index (χ0v) is 14.6. The molecule has 1 aromatic carbocycles. The Balaban J connectivity index is 2.07. The Labute approximate surface area is 138 Å². The van der Waals surface area contributed by atoms with Gasteiger partial charge in [0.15, 0.2) is 0 Å². The summed E-state index contributed by atoms with van der Waals surface area (Å²) >= 11 is 1.91. The van der Waals surface area contributed by atoms with Gasteiger partial charge in [0.1, 0.15) is 0 Å². The summed E-state index contributed by atoms with van der Waals surface area (Å²) in [5, 5.41) is 2.22. The average Bonchev–Trinajstić information content (AvgIpc) is 3.16. The fourth-order valence-electron chi connectivity index (χ4n) is 3.65. The molecule has 1 unspecified atom stereocenters. The third kappa shape index (κ3) is 2.92. The van der Waals surface area contributed by atoms with Crippen LogP contribution in [0.5, 0.6) is 0 Å². The Morgan fingerprint density at radius 1 is 0.909 bits per heavy atom. The molecular weight excluding hydrogens is 284 g/mol. The zero-order valence-electron chi connectivity index (χ0n) is 13.8. The van der Waals surface area contributed by atoms with Gasteiger partial charge in [0.05, 0.1) is 0 Å². The highest BCUT2D eigenvalue weighted by Gasteiger charge is 2.31. The van der Waals surface area contributed by atoms with Gasteiger partial charge >= 0.3 is 0 Å². The third-order valence-corrected chi connectivity index (χ3v) is 5.68. The molecule has 1 aliphatic carbocycles. The minimum absolute atomic E-state index is 0.523. The first-order valence-corrected chi connectivity index (χ1v) is 9.59. The molecule has 1 aromatic heterocycles. The van der Waals surface area contributed by atoms with E-state index in [1.54, 1.807) is 16.7 Å². The predicted molar refractivity (Wildman–Crippen MR) is 98.6 cm³/mol. The van der Waals surface area contributed by atoms with E-state index in [1.807, 2.05) is 11.3 Å². The van der Waals surface area contributed by atoms with Crippen LogP contribution in [0.1, 0.15) is 74.3 Å².